The maximum atomic E-state index is 4.55. The largest absolute Gasteiger partial charge is 0.308 e. The molecule has 1 atom stereocenters. The van der Waals surface area contributed by atoms with Crippen molar-refractivity contribution in [3.05, 3.63) is 34.9 Å². The molecule has 0 radical (unpaired) electrons. The van der Waals surface area contributed by atoms with E-state index in [0.717, 1.165) is 37.2 Å². The molecule has 1 N–H and O–H groups in total. The molecule has 0 aromatic carbocycles. The van der Waals surface area contributed by atoms with E-state index in [1.54, 1.807) is 0 Å². The molecule has 0 bridgehead atoms. The van der Waals surface area contributed by atoms with Gasteiger partial charge in [0.1, 0.15) is 0 Å². The third-order valence-electron chi connectivity index (χ3n) is 3.84. The Labute approximate surface area is 127 Å². The fourth-order valence-corrected chi connectivity index (χ4v) is 2.70. The molecule has 5 nitrogen and oxygen atoms in total. The average Bonchev–Trinajstić information content (AvgIpc) is 2.97. The smallest absolute Gasteiger partial charge is 0.0624 e. The highest BCUT2D eigenvalue weighted by molar-refractivity contribution is 5.18. The van der Waals surface area contributed by atoms with E-state index >= 15 is 0 Å². The van der Waals surface area contributed by atoms with E-state index < -0.39 is 0 Å². The lowest BCUT2D eigenvalue weighted by molar-refractivity contribution is 0.480. The highest BCUT2D eigenvalue weighted by Gasteiger charge is 2.18. The summed E-state index contributed by atoms with van der Waals surface area (Å²) in [7, 11) is 4.05. The molecule has 5 heteroatoms. The summed E-state index contributed by atoms with van der Waals surface area (Å²) in [4.78, 5) is 0. The lowest BCUT2D eigenvalue weighted by Gasteiger charge is -2.19. The van der Waals surface area contributed by atoms with Crippen LogP contribution in [0.25, 0.3) is 0 Å². The van der Waals surface area contributed by atoms with Gasteiger partial charge in [-0.05, 0) is 38.4 Å². The summed E-state index contributed by atoms with van der Waals surface area (Å²) in [6.45, 7) is 7.38. The van der Waals surface area contributed by atoms with Crippen LogP contribution in [0.15, 0.2) is 12.1 Å². The molecule has 0 fully saturated rings. The summed E-state index contributed by atoms with van der Waals surface area (Å²) in [6, 6.07) is 4.66. The van der Waals surface area contributed by atoms with Crippen LogP contribution in [0, 0.1) is 6.92 Å². The van der Waals surface area contributed by atoms with Crippen LogP contribution in [0.1, 0.15) is 49.1 Å². The zero-order valence-electron chi connectivity index (χ0n) is 13.8. The molecule has 1 unspecified atom stereocenters. The Kier molecular flexibility index (Phi) is 5.17. The Morgan fingerprint density at radius 2 is 1.90 bits per heavy atom. The van der Waals surface area contributed by atoms with Crippen molar-refractivity contribution in [3.63, 3.8) is 0 Å². The van der Waals surface area contributed by atoms with Crippen LogP contribution in [-0.4, -0.2) is 26.1 Å². The molecule has 0 aliphatic heterocycles. The van der Waals surface area contributed by atoms with Crippen molar-refractivity contribution in [2.45, 2.75) is 46.1 Å². The fourth-order valence-electron chi connectivity index (χ4n) is 2.70. The second kappa shape index (κ2) is 6.89. The minimum atomic E-state index is 0.274. The van der Waals surface area contributed by atoms with Gasteiger partial charge in [0.2, 0.25) is 0 Å². The number of aryl methyl sites for hydroxylation is 4. The molecule has 0 saturated heterocycles. The second-order valence-electron chi connectivity index (χ2n) is 5.65. The van der Waals surface area contributed by atoms with Crippen LogP contribution in [0.3, 0.4) is 0 Å². The minimum Gasteiger partial charge on any atom is -0.308 e. The van der Waals surface area contributed by atoms with E-state index in [1.165, 1.54) is 11.4 Å². The first-order valence-electron chi connectivity index (χ1n) is 7.80. The topological polar surface area (TPSA) is 47.7 Å². The molecular weight excluding hydrogens is 262 g/mol. The second-order valence-corrected chi connectivity index (χ2v) is 5.65. The summed E-state index contributed by atoms with van der Waals surface area (Å²) in [6.07, 6.45) is 3.03. The quantitative estimate of drug-likeness (QED) is 0.851. The number of nitrogens with zero attached hydrogens (tertiary/aromatic N) is 4. The van der Waals surface area contributed by atoms with Gasteiger partial charge in [0.25, 0.3) is 0 Å². The van der Waals surface area contributed by atoms with Gasteiger partial charge >= 0.3 is 0 Å². The van der Waals surface area contributed by atoms with E-state index in [4.69, 9.17) is 0 Å². The first-order valence-corrected chi connectivity index (χ1v) is 7.80. The van der Waals surface area contributed by atoms with Crippen LogP contribution < -0.4 is 5.32 Å². The average molecular weight is 289 g/mol. The zero-order valence-corrected chi connectivity index (χ0v) is 13.8. The molecule has 0 spiro atoms. The van der Waals surface area contributed by atoms with Gasteiger partial charge in [-0.1, -0.05) is 13.8 Å². The summed E-state index contributed by atoms with van der Waals surface area (Å²) in [5.74, 6) is 0. The molecule has 0 aliphatic rings. The Balaban J connectivity index is 2.23. The van der Waals surface area contributed by atoms with Crippen molar-refractivity contribution in [3.8, 4) is 0 Å². The van der Waals surface area contributed by atoms with Gasteiger partial charge in [-0.25, -0.2) is 0 Å². The third-order valence-corrected chi connectivity index (χ3v) is 3.84. The molecule has 2 rings (SSSR count). The van der Waals surface area contributed by atoms with Gasteiger partial charge in [0.05, 0.1) is 23.1 Å². The molecule has 2 aromatic rings. The molecular formula is C16H27N5. The van der Waals surface area contributed by atoms with E-state index in [-0.39, 0.29) is 6.04 Å². The molecule has 0 aliphatic carbocycles. The maximum absolute atomic E-state index is 4.55. The minimum absolute atomic E-state index is 0.274. The molecule has 2 heterocycles. The predicted molar refractivity (Wildman–Crippen MR) is 85.3 cm³/mol. The molecule has 21 heavy (non-hydrogen) atoms. The van der Waals surface area contributed by atoms with Crippen molar-refractivity contribution in [1.29, 1.82) is 0 Å². The number of aromatic nitrogens is 4. The van der Waals surface area contributed by atoms with Crippen LogP contribution in [0.5, 0.6) is 0 Å². The van der Waals surface area contributed by atoms with Gasteiger partial charge in [-0.3, -0.25) is 9.36 Å². The van der Waals surface area contributed by atoms with E-state index in [0.29, 0.717) is 0 Å². The van der Waals surface area contributed by atoms with E-state index in [2.05, 4.69) is 41.5 Å². The number of hydrogen-bond acceptors (Lipinski definition) is 3. The standard InChI is InChI=1S/C16H27N5/c1-6-8-17-15(16-9-12(3)18-21(16)5)11-14-10-13(7-2)19-20(14)4/h9-10,15,17H,6-8,11H2,1-5H3. The molecule has 0 amide bonds. The van der Waals surface area contributed by atoms with Gasteiger partial charge in [-0.2, -0.15) is 10.2 Å². The summed E-state index contributed by atoms with van der Waals surface area (Å²) >= 11 is 0. The normalized spacial score (nSPS) is 12.8. The number of nitrogens with one attached hydrogen (secondary N) is 1. The summed E-state index contributed by atoms with van der Waals surface area (Å²) in [5, 5.41) is 12.7. The number of hydrogen-bond donors (Lipinski definition) is 1. The van der Waals surface area contributed by atoms with Crippen LogP contribution in [0.4, 0.5) is 0 Å². The van der Waals surface area contributed by atoms with Crippen molar-refractivity contribution < 1.29 is 0 Å². The van der Waals surface area contributed by atoms with Crippen LogP contribution in [-0.2, 0) is 26.9 Å². The maximum Gasteiger partial charge on any atom is 0.0624 e. The summed E-state index contributed by atoms with van der Waals surface area (Å²) < 4.78 is 3.99. The highest BCUT2D eigenvalue weighted by Crippen LogP contribution is 2.19. The summed E-state index contributed by atoms with van der Waals surface area (Å²) in [5.41, 5.74) is 4.72. The van der Waals surface area contributed by atoms with Crippen LogP contribution >= 0.6 is 0 Å². The van der Waals surface area contributed by atoms with Gasteiger partial charge in [-0.15, -0.1) is 0 Å². The van der Waals surface area contributed by atoms with Crippen molar-refractivity contribution in [2.24, 2.45) is 14.1 Å². The van der Waals surface area contributed by atoms with E-state index in [9.17, 15) is 0 Å². The first-order chi connectivity index (χ1) is 10.0. The Morgan fingerprint density at radius 1 is 1.14 bits per heavy atom. The zero-order chi connectivity index (χ0) is 15.4. The highest BCUT2D eigenvalue weighted by atomic mass is 15.3. The third kappa shape index (κ3) is 3.73. The van der Waals surface area contributed by atoms with Crippen molar-refractivity contribution in [1.82, 2.24) is 24.9 Å². The lowest BCUT2D eigenvalue weighted by Crippen LogP contribution is -2.26. The monoisotopic (exact) mass is 289 g/mol. The molecule has 2 aromatic heterocycles. The van der Waals surface area contributed by atoms with Gasteiger partial charge in [0.15, 0.2) is 0 Å². The van der Waals surface area contributed by atoms with Crippen molar-refractivity contribution in [2.75, 3.05) is 6.54 Å². The molecule has 116 valence electrons. The number of rotatable bonds is 7. The van der Waals surface area contributed by atoms with Gasteiger partial charge < -0.3 is 5.32 Å². The first kappa shape index (κ1) is 15.8. The van der Waals surface area contributed by atoms with E-state index in [1.807, 2.05) is 30.4 Å². The SMILES string of the molecule is CCCNC(Cc1cc(CC)nn1C)c1cc(C)nn1C. The fraction of sp³-hybridized carbons (Fsp3) is 0.625. The van der Waals surface area contributed by atoms with Crippen molar-refractivity contribution >= 4 is 0 Å². The molecule has 0 saturated carbocycles. The Hall–Kier alpha value is -1.62. The van der Waals surface area contributed by atoms with Gasteiger partial charge in [0, 0.05) is 26.2 Å². The van der Waals surface area contributed by atoms with Crippen LogP contribution in [0.2, 0.25) is 0 Å². The Bertz CT molecular complexity index is 582. The Morgan fingerprint density at radius 3 is 2.43 bits per heavy atom. The lowest BCUT2D eigenvalue weighted by atomic mass is 10.1. The predicted octanol–water partition coefficient (Wildman–Crippen LogP) is 2.31.